The van der Waals surface area contributed by atoms with Crippen LogP contribution < -0.4 is 0 Å². The lowest BCUT2D eigenvalue weighted by atomic mass is 10.1. The first-order chi connectivity index (χ1) is 9.13. The van der Waals surface area contributed by atoms with Crippen molar-refractivity contribution in [2.75, 3.05) is 0 Å². The van der Waals surface area contributed by atoms with Crippen LogP contribution in [-0.4, -0.2) is 0 Å². The largest absolute Gasteiger partial charge is 0.139 e. The Hall–Kier alpha value is -0.600. The molecule has 0 aliphatic carbocycles. The molecule has 104 valence electrons. The molecule has 2 heterocycles. The summed E-state index contributed by atoms with van der Waals surface area (Å²) < 4.78 is 0. The fraction of sp³-hybridized carbons (Fsp3) is 0.529. The summed E-state index contributed by atoms with van der Waals surface area (Å²) in [4.78, 5) is 5.96. The maximum Gasteiger partial charge on any atom is 0.0477 e. The summed E-state index contributed by atoms with van der Waals surface area (Å²) in [6.45, 7) is 9.00. The van der Waals surface area contributed by atoms with Gasteiger partial charge in [-0.1, -0.05) is 26.2 Å². The minimum absolute atomic E-state index is 1.26. The van der Waals surface area contributed by atoms with Crippen molar-refractivity contribution >= 4 is 22.7 Å². The molecule has 0 saturated carbocycles. The first kappa shape index (κ1) is 14.8. The second-order valence-corrected chi connectivity index (χ2v) is 7.71. The van der Waals surface area contributed by atoms with E-state index in [0.717, 1.165) is 0 Å². The second kappa shape index (κ2) is 6.71. The third-order valence-corrected chi connectivity index (χ3v) is 6.48. The van der Waals surface area contributed by atoms with Gasteiger partial charge in [-0.25, -0.2) is 0 Å². The normalized spacial score (nSPS) is 11.2. The first-order valence-corrected chi connectivity index (χ1v) is 8.92. The molecule has 0 bridgehead atoms. The van der Waals surface area contributed by atoms with Crippen molar-refractivity contribution in [3.05, 3.63) is 33.0 Å². The predicted molar refractivity (Wildman–Crippen MR) is 89.7 cm³/mol. The highest BCUT2D eigenvalue weighted by Gasteiger charge is 2.12. The molecule has 0 spiro atoms. The summed E-state index contributed by atoms with van der Waals surface area (Å²) in [5.74, 6) is 0. The number of hydrogen-bond acceptors (Lipinski definition) is 2. The van der Waals surface area contributed by atoms with Crippen molar-refractivity contribution in [3.8, 4) is 9.75 Å². The van der Waals surface area contributed by atoms with Gasteiger partial charge >= 0.3 is 0 Å². The molecule has 19 heavy (non-hydrogen) atoms. The summed E-state index contributed by atoms with van der Waals surface area (Å²) in [5, 5.41) is 0. The minimum Gasteiger partial charge on any atom is -0.139 e. The number of hydrogen-bond donors (Lipinski definition) is 0. The van der Waals surface area contributed by atoms with E-state index in [-0.39, 0.29) is 0 Å². The van der Waals surface area contributed by atoms with Crippen LogP contribution in [0.15, 0.2) is 12.1 Å². The molecule has 0 amide bonds. The van der Waals surface area contributed by atoms with E-state index in [1.54, 1.807) is 4.88 Å². The smallest absolute Gasteiger partial charge is 0.0477 e. The Kier molecular flexibility index (Phi) is 5.23. The molecule has 0 N–H and O–H groups in total. The summed E-state index contributed by atoms with van der Waals surface area (Å²) in [7, 11) is 0. The zero-order valence-corrected chi connectivity index (χ0v) is 14.1. The van der Waals surface area contributed by atoms with Gasteiger partial charge in [0.25, 0.3) is 0 Å². The van der Waals surface area contributed by atoms with E-state index in [1.165, 1.54) is 57.9 Å². The first-order valence-electron chi connectivity index (χ1n) is 7.29. The average molecular weight is 293 g/mol. The number of unbranched alkanes of at least 4 members (excludes halogenated alkanes) is 3. The molecule has 2 aromatic rings. The van der Waals surface area contributed by atoms with Crippen LogP contribution in [0.5, 0.6) is 0 Å². The zero-order chi connectivity index (χ0) is 13.8. The quantitative estimate of drug-likeness (QED) is 0.531. The monoisotopic (exact) mass is 292 g/mol. The molecular formula is C17H24S2. The van der Waals surface area contributed by atoms with Crippen molar-refractivity contribution in [1.82, 2.24) is 0 Å². The standard InChI is InChI=1S/C17H24S2/c1-5-6-7-8-9-15-10-11-16(19-15)17-13(3)12(2)14(4)18-17/h10-11H,5-9H2,1-4H3. The van der Waals surface area contributed by atoms with Gasteiger partial charge in [0.15, 0.2) is 0 Å². The summed E-state index contributed by atoms with van der Waals surface area (Å²) in [6.07, 6.45) is 6.67. The summed E-state index contributed by atoms with van der Waals surface area (Å²) in [6, 6.07) is 4.65. The topological polar surface area (TPSA) is 0 Å². The van der Waals surface area contributed by atoms with Gasteiger partial charge in [0.1, 0.15) is 0 Å². The highest BCUT2D eigenvalue weighted by Crippen LogP contribution is 2.39. The van der Waals surface area contributed by atoms with Gasteiger partial charge in [-0.2, -0.15) is 0 Å². The van der Waals surface area contributed by atoms with Gasteiger partial charge in [0.2, 0.25) is 0 Å². The van der Waals surface area contributed by atoms with Crippen LogP contribution in [0, 0.1) is 20.8 Å². The van der Waals surface area contributed by atoms with Crippen LogP contribution in [0.1, 0.15) is 53.5 Å². The van der Waals surface area contributed by atoms with Crippen LogP contribution in [-0.2, 0) is 6.42 Å². The van der Waals surface area contributed by atoms with E-state index >= 15 is 0 Å². The number of aryl methyl sites for hydroxylation is 2. The van der Waals surface area contributed by atoms with Crippen molar-refractivity contribution in [1.29, 1.82) is 0 Å². The lowest BCUT2D eigenvalue weighted by Crippen LogP contribution is -1.80. The van der Waals surface area contributed by atoms with E-state index in [0.29, 0.717) is 0 Å². The molecule has 0 aliphatic rings. The van der Waals surface area contributed by atoms with Crippen molar-refractivity contribution in [2.45, 2.75) is 59.8 Å². The average Bonchev–Trinajstić information content (AvgIpc) is 2.96. The van der Waals surface area contributed by atoms with Crippen molar-refractivity contribution in [3.63, 3.8) is 0 Å². The molecule has 0 saturated heterocycles. The molecule has 0 fully saturated rings. The number of thiophene rings is 2. The Bertz CT molecular complexity index is 531. The van der Waals surface area contributed by atoms with Crippen LogP contribution in [0.25, 0.3) is 9.75 Å². The third-order valence-electron chi connectivity index (χ3n) is 3.85. The van der Waals surface area contributed by atoms with E-state index in [2.05, 4.69) is 39.8 Å². The third kappa shape index (κ3) is 3.49. The fourth-order valence-electron chi connectivity index (χ4n) is 2.34. The van der Waals surface area contributed by atoms with E-state index in [4.69, 9.17) is 0 Å². The minimum atomic E-state index is 1.26. The molecule has 2 aromatic heterocycles. The van der Waals surface area contributed by atoms with Crippen molar-refractivity contribution < 1.29 is 0 Å². The van der Waals surface area contributed by atoms with Gasteiger partial charge in [-0.05, 0) is 56.9 Å². The van der Waals surface area contributed by atoms with Crippen molar-refractivity contribution in [2.24, 2.45) is 0 Å². The van der Waals surface area contributed by atoms with Crippen LogP contribution in [0.2, 0.25) is 0 Å². The highest BCUT2D eigenvalue weighted by molar-refractivity contribution is 7.22. The summed E-state index contributed by atoms with van der Waals surface area (Å²) in [5.41, 5.74) is 2.94. The van der Waals surface area contributed by atoms with Crippen LogP contribution in [0.3, 0.4) is 0 Å². The van der Waals surface area contributed by atoms with Gasteiger partial charge < -0.3 is 0 Å². The molecular weight excluding hydrogens is 268 g/mol. The molecule has 0 aromatic carbocycles. The molecule has 0 aliphatic heterocycles. The highest BCUT2D eigenvalue weighted by atomic mass is 32.1. The Morgan fingerprint density at radius 3 is 2.32 bits per heavy atom. The Labute approximate surface area is 125 Å². The molecule has 0 atom stereocenters. The second-order valence-electron chi connectivity index (χ2n) is 5.31. The number of rotatable bonds is 6. The van der Waals surface area contributed by atoms with Gasteiger partial charge in [-0.3, -0.25) is 0 Å². The maximum absolute atomic E-state index is 2.33. The lowest BCUT2D eigenvalue weighted by molar-refractivity contribution is 0.670. The molecule has 2 rings (SSSR count). The van der Waals surface area contributed by atoms with Gasteiger partial charge in [-0.15, -0.1) is 22.7 Å². The molecule has 0 unspecified atom stereocenters. The Morgan fingerprint density at radius 2 is 1.68 bits per heavy atom. The van der Waals surface area contributed by atoms with Crippen LogP contribution >= 0.6 is 22.7 Å². The van der Waals surface area contributed by atoms with Gasteiger partial charge in [0, 0.05) is 19.5 Å². The SMILES string of the molecule is CCCCCCc1ccc(-c2sc(C)c(C)c2C)s1. The zero-order valence-electron chi connectivity index (χ0n) is 12.5. The van der Waals surface area contributed by atoms with E-state index in [9.17, 15) is 0 Å². The van der Waals surface area contributed by atoms with Crippen LogP contribution in [0.4, 0.5) is 0 Å². The Morgan fingerprint density at radius 1 is 0.895 bits per heavy atom. The summed E-state index contributed by atoms with van der Waals surface area (Å²) >= 11 is 3.94. The van der Waals surface area contributed by atoms with Gasteiger partial charge in [0.05, 0.1) is 0 Å². The fourth-order valence-corrected chi connectivity index (χ4v) is 4.72. The maximum atomic E-state index is 2.33. The predicted octanol–water partition coefficient (Wildman–Crippen LogP) is 6.52. The lowest BCUT2D eigenvalue weighted by Gasteiger charge is -1.98. The Balaban J connectivity index is 2.06. The van der Waals surface area contributed by atoms with E-state index in [1.807, 2.05) is 22.7 Å². The van der Waals surface area contributed by atoms with E-state index < -0.39 is 0 Å². The molecule has 0 nitrogen and oxygen atoms in total. The molecule has 0 radical (unpaired) electrons. The molecule has 2 heteroatoms.